The summed E-state index contributed by atoms with van der Waals surface area (Å²) in [5, 5.41) is 10.4. The van der Waals surface area contributed by atoms with E-state index in [1.54, 1.807) is 0 Å². The molecular weight excluding hydrogens is 188 g/mol. The summed E-state index contributed by atoms with van der Waals surface area (Å²) in [6.45, 7) is 0. The minimum atomic E-state index is -2.00. The van der Waals surface area contributed by atoms with Gasteiger partial charge in [0.15, 0.2) is 5.13 Å². The lowest BCUT2D eigenvalue weighted by Gasteiger charge is -1.90. The van der Waals surface area contributed by atoms with Gasteiger partial charge in [0.05, 0.1) is 5.83 Å². The standard InChI is InChI=1S/C5H5ClN2O2S/c6-1-3-2-7-4(11-3)8-5(9)10/h2H,1H2,(H,7,8)(H,9,10)/i1D2. The van der Waals surface area contributed by atoms with Crippen molar-refractivity contribution in [2.45, 2.75) is 5.83 Å². The second-order valence-corrected chi connectivity index (χ2v) is 2.77. The van der Waals surface area contributed by atoms with Gasteiger partial charge in [0, 0.05) is 13.8 Å². The lowest BCUT2D eigenvalue weighted by atomic mass is 10.6. The summed E-state index contributed by atoms with van der Waals surface area (Å²) >= 11 is 6.20. The van der Waals surface area contributed by atoms with Crippen molar-refractivity contribution >= 4 is 34.2 Å². The molecule has 2 N–H and O–H groups in total. The maximum Gasteiger partial charge on any atom is 0.410 e. The Morgan fingerprint density at radius 3 is 3.27 bits per heavy atom. The Morgan fingerprint density at radius 2 is 2.82 bits per heavy atom. The Hall–Kier alpha value is -0.810. The molecule has 0 spiro atoms. The molecule has 1 aromatic rings. The molecule has 0 saturated heterocycles. The van der Waals surface area contributed by atoms with Crippen LogP contribution in [-0.4, -0.2) is 16.2 Å². The van der Waals surface area contributed by atoms with Gasteiger partial charge < -0.3 is 5.11 Å². The van der Waals surface area contributed by atoms with E-state index in [1.165, 1.54) is 6.20 Å². The first-order chi connectivity index (χ1) is 5.89. The predicted molar refractivity (Wildman–Crippen MR) is 43.3 cm³/mol. The van der Waals surface area contributed by atoms with E-state index in [-0.39, 0.29) is 10.0 Å². The maximum atomic E-state index is 10.2. The smallest absolute Gasteiger partial charge is 0.410 e. The highest BCUT2D eigenvalue weighted by Gasteiger charge is 2.02. The highest BCUT2D eigenvalue weighted by Crippen LogP contribution is 2.18. The predicted octanol–water partition coefficient (Wildman–Crippen LogP) is 1.97. The van der Waals surface area contributed by atoms with Crippen LogP contribution in [0, 0.1) is 0 Å². The number of thiazole rings is 1. The number of nitrogens with one attached hydrogen (secondary N) is 1. The molecule has 0 radical (unpaired) electrons. The first-order valence-electron chi connectivity index (χ1n) is 3.55. The van der Waals surface area contributed by atoms with Crippen molar-refractivity contribution in [1.29, 1.82) is 0 Å². The summed E-state index contributed by atoms with van der Waals surface area (Å²) in [5.74, 6) is -2.00. The van der Waals surface area contributed by atoms with E-state index >= 15 is 0 Å². The minimum absolute atomic E-state index is 0.104. The number of rotatable bonds is 2. The molecule has 0 bridgehead atoms. The molecule has 0 aliphatic carbocycles. The molecule has 0 saturated carbocycles. The van der Waals surface area contributed by atoms with Crippen LogP contribution in [0.5, 0.6) is 0 Å². The van der Waals surface area contributed by atoms with Crippen molar-refractivity contribution in [3.8, 4) is 0 Å². The SMILES string of the molecule is [2H]C([2H])(Cl)c1cnc(NC(=O)O)s1. The lowest BCUT2D eigenvalue weighted by Crippen LogP contribution is -2.06. The fourth-order valence-electron chi connectivity index (χ4n) is 0.467. The number of carboxylic acid groups (broad SMARTS) is 1. The molecule has 0 aliphatic rings. The van der Waals surface area contributed by atoms with E-state index in [1.807, 2.05) is 5.32 Å². The Bertz CT molecular complexity index is 325. The first kappa shape index (κ1) is 5.79. The van der Waals surface area contributed by atoms with Gasteiger partial charge in [-0.05, 0) is 0 Å². The Labute approximate surface area is 74.6 Å². The number of amides is 1. The van der Waals surface area contributed by atoms with E-state index in [9.17, 15) is 4.79 Å². The third-order valence-electron chi connectivity index (χ3n) is 0.813. The second-order valence-electron chi connectivity index (χ2n) is 1.55. The molecule has 0 atom stereocenters. The van der Waals surface area contributed by atoms with Crippen molar-refractivity contribution in [3.63, 3.8) is 0 Å². The maximum absolute atomic E-state index is 10.2. The van der Waals surface area contributed by atoms with Crippen molar-refractivity contribution in [2.24, 2.45) is 0 Å². The van der Waals surface area contributed by atoms with Gasteiger partial charge in [-0.2, -0.15) is 0 Å². The van der Waals surface area contributed by atoms with Crippen LogP contribution in [0.15, 0.2) is 6.20 Å². The third-order valence-corrected chi connectivity index (χ3v) is 1.96. The molecule has 11 heavy (non-hydrogen) atoms. The number of aromatic nitrogens is 1. The average molecular weight is 195 g/mol. The number of carbonyl (C=O) groups is 1. The summed E-state index contributed by atoms with van der Waals surface area (Å²) in [4.78, 5) is 13.9. The van der Waals surface area contributed by atoms with E-state index in [0.717, 1.165) is 11.3 Å². The van der Waals surface area contributed by atoms with E-state index in [0.29, 0.717) is 0 Å². The lowest BCUT2D eigenvalue weighted by molar-refractivity contribution is 0.209. The van der Waals surface area contributed by atoms with Crippen LogP contribution >= 0.6 is 22.9 Å². The molecule has 1 amide bonds. The van der Waals surface area contributed by atoms with Crippen LogP contribution in [0.1, 0.15) is 7.62 Å². The number of anilines is 1. The number of hydrogen-bond donors (Lipinski definition) is 2. The molecule has 6 heteroatoms. The van der Waals surface area contributed by atoms with Gasteiger partial charge in [0.1, 0.15) is 0 Å². The highest BCUT2D eigenvalue weighted by molar-refractivity contribution is 7.15. The summed E-state index contributed by atoms with van der Waals surface area (Å²) in [6, 6.07) is 0. The minimum Gasteiger partial charge on any atom is -0.465 e. The zero-order valence-electron chi connectivity index (χ0n) is 7.17. The van der Waals surface area contributed by atoms with Gasteiger partial charge in [-0.15, -0.1) is 22.9 Å². The summed E-state index contributed by atoms with van der Waals surface area (Å²) in [7, 11) is 0. The van der Waals surface area contributed by atoms with Crippen molar-refractivity contribution in [3.05, 3.63) is 11.1 Å². The molecule has 0 aliphatic heterocycles. The fraction of sp³-hybridized carbons (Fsp3) is 0.200. The molecular formula is C5H5ClN2O2S. The Morgan fingerprint density at radius 1 is 2.09 bits per heavy atom. The van der Waals surface area contributed by atoms with Crippen LogP contribution in [0.25, 0.3) is 0 Å². The largest absolute Gasteiger partial charge is 0.465 e. The second kappa shape index (κ2) is 3.54. The summed E-state index contributed by atoms with van der Waals surface area (Å²) in [6.07, 6.45) is -0.0424. The zero-order valence-corrected chi connectivity index (χ0v) is 6.74. The molecule has 60 valence electrons. The number of halogens is 1. The summed E-state index contributed by atoms with van der Waals surface area (Å²) in [5.41, 5.74) is 0. The van der Waals surface area contributed by atoms with Crippen LogP contribution < -0.4 is 5.32 Å². The van der Waals surface area contributed by atoms with Gasteiger partial charge in [0.25, 0.3) is 0 Å². The van der Waals surface area contributed by atoms with Crippen LogP contribution in [-0.2, 0) is 5.83 Å². The molecule has 0 unspecified atom stereocenters. The third kappa shape index (κ3) is 2.36. The molecule has 1 aromatic heterocycles. The Balaban J connectivity index is 2.81. The highest BCUT2D eigenvalue weighted by atomic mass is 35.5. The first-order valence-corrected chi connectivity index (χ1v) is 3.74. The van der Waals surface area contributed by atoms with Crippen LogP contribution in [0.3, 0.4) is 0 Å². The summed E-state index contributed by atoms with van der Waals surface area (Å²) < 4.78 is 14.2. The number of alkyl halides is 1. The number of nitrogens with zero attached hydrogens (tertiary/aromatic N) is 1. The van der Waals surface area contributed by atoms with Crippen LogP contribution in [0.4, 0.5) is 9.93 Å². The quantitative estimate of drug-likeness (QED) is 0.708. The molecule has 1 heterocycles. The topological polar surface area (TPSA) is 62.2 Å². The fourth-order valence-corrected chi connectivity index (χ4v) is 1.23. The monoisotopic (exact) mass is 194 g/mol. The molecule has 0 aromatic carbocycles. The molecule has 1 rings (SSSR count). The van der Waals surface area contributed by atoms with E-state index < -0.39 is 11.9 Å². The molecule has 4 nitrogen and oxygen atoms in total. The Kier molecular flexibility index (Phi) is 1.87. The van der Waals surface area contributed by atoms with Crippen molar-refractivity contribution in [2.75, 3.05) is 5.32 Å². The van der Waals surface area contributed by atoms with Crippen molar-refractivity contribution < 1.29 is 12.6 Å². The number of hydrogen-bond acceptors (Lipinski definition) is 3. The van der Waals surface area contributed by atoms with Crippen molar-refractivity contribution in [1.82, 2.24) is 4.98 Å². The van der Waals surface area contributed by atoms with Gasteiger partial charge in [-0.3, -0.25) is 5.32 Å². The molecule has 0 fully saturated rings. The van der Waals surface area contributed by atoms with E-state index in [4.69, 9.17) is 19.4 Å². The van der Waals surface area contributed by atoms with Crippen LogP contribution in [0.2, 0.25) is 0 Å². The van der Waals surface area contributed by atoms with Gasteiger partial charge in [0.2, 0.25) is 0 Å². The van der Waals surface area contributed by atoms with Gasteiger partial charge >= 0.3 is 6.09 Å². The average Bonchev–Trinajstić information content (AvgIpc) is 2.32. The van der Waals surface area contributed by atoms with E-state index in [2.05, 4.69) is 4.98 Å². The zero-order chi connectivity index (χ0) is 10.1. The van der Waals surface area contributed by atoms with Gasteiger partial charge in [-0.1, -0.05) is 0 Å². The normalized spacial score (nSPS) is 13.5. The van der Waals surface area contributed by atoms with Gasteiger partial charge in [-0.25, -0.2) is 9.78 Å².